The van der Waals surface area contributed by atoms with E-state index in [1.165, 1.54) is 25.7 Å². The van der Waals surface area contributed by atoms with Crippen LogP contribution >= 0.6 is 11.8 Å². The fraction of sp³-hybridized carbons (Fsp3) is 0.857. The van der Waals surface area contributed by atoms with E-state index in [9.17, 15) is 4.79 Å². The molecule has 2 fully saturated rings. The van der Waals surface area contributed by atoms with Crippen LogP contribution in [0, 0.1) is 11.8 Å². The molecule has 4 heteroatoms. The van der Waals surface area contributed by atoms with Crippen molar-refractivity contribution in [1.29, 1.82) is 0 Å². The third-order valence-corrected chi connectivity index (χ3v) is 5.98. The average Bonchev–Trinajstić information content (AvgIpc) is 2.96. The molecule has 1 unspecified atom stereocenters. The highest BCUT2D eigenvalue weighted by Gasteiger charge is 2.44. The van der Waals surface area contributed by atoms with Crippen molar-refractivity contribution in [3.05, 3.63) is 0 Å². The summed E-state index contributed by atoms with van der Waals surface area (Å²) in [6, 6.07) is 0.576. The lowest BCUT2D eigenvalue weighted by Crippen LogP contribution is -2.37. The van der Waals surface area contributed by atoms with E-state index in [0.29, 0.717) is 6.04 Å². The van der Waals surface area contributed by atoms with Crippen molar-refractivity contribution in [2.45, 2.75) is 63.2 Å². The molecule has 1 heterocycles. The first-order valence-corrected chi connectivity index (χ1v) is 8.01. The number of carbonyl (C=O) groups excluding carboxylic acids is 1. The van der Waals surface area contributed by atoms with Crippen LogP contribution in [0.15, 0.2) is 4.99 Å². The maximum absolute atomic E-state index is 12.0. The van der Waals surface area contributed by atoms with E-state index in [2.05, 4.69) is 17.2 Å². The third-order valence-electron chi connectivity index (χ3n) is 4.75. The van der Waals surface area contributed by atoms with Crippen molar-refractivity contribution in [3.63, 3.8) is 0 Å². The van der Waals surface area contributed by atoms with Crippen molar-refractivity contribution in [3.8, 4) is 0 Å². The molecule has 0 aromatic carbocycles. The zero-order valence-corrected chi connectivity index (χ0v) is 12.1. The SMILES string of the molecule is CCCC1(C)SC(N[C@@H]2C[C@H]3CC[C@@H]2C3)=NC1=O. The topological polar surface area (TPSA) is 41.5 Å². The number of thioether (sulfide) groups is 1. The normalized spacial score (nSPS) is 42.4. The van der Waals surface area contributed by atoms with Gasteiger partial charge in [0.2, 0.25) is 0 Å². The number of amides is 1. The Labute approximate surface area is 113 Å². The molecule has 3 aliphatic rings. The van der Waals surface area contributed by atoms with Gasteiger partial charge in [-0.2, -0.15) is 4.99 Å². The van der Waals surface area contributed by atoms with Crippen LogP contribution in [0.5, 0.6) is 0 Å². The molecule has 0 radical (unpaired) electrons. The highest BCUT2D eigenvalue weighted by molar-refractivity contribution is 8.16. The molecule has 1 aliphatic heterocycles. The molecule has 1 amide bonds. The lowest BCUT2D eigenvalue weighted by Gasteiger charge is -2.24. The summed E-state index contributed by atoms with van der Waals surface area (Å²) < 4.78 is -0.311. The van der Waals surface area contributed by atoms with Gasteiger partial charge in [-0.3, -0.25) is 4.79 Å². The molecule has 3 rings (SSSR count). The Morgan fingerprint density at radius 2 is 2.28 bits per heavy atom. The van der Waals surface area contributed by atoms with E-state index in [4.69, 9.17) is 0 Å². The number of amidine groups is 1. The number of aliphatic imine (C=N–C) groups is 1. The number of fused-ring (bicyclic) bond motifs is 2. The maximum Gasteiger partial charge on any atom is 0.264 e. The highest BCUT2D eigenvalue weighted by Crippen LogP contribution is 2.45. The number of carbonyl (C=O) groups is 1. The molecule has 1 N–H and O–H groups in total. The van der Waals surface area contributed by atoms with Gasteiger partial charge >= 0.3 is 0 Å². The number of hydrogen-bond donors (Lipinski definition) is 1. The van der Waals surface area contributed by atoms with Gasteiger partial charge in [0.15, 0.2) is 5.17 Å². The van der Waals surface area contributed by atoms with Gasteiger partial charge in [0, 0.05) is 6.04 Å². The molecule has 4 atom stereocenters. The van der Waals surface area contributed by atoms with Gasteiger partial charge < -0.3 is 5.32 Å². The van der Waals surface area contributed by atoms with Crippen LogP contribution in [-0.2, 0) is 4.79 Å². The van der Waals surface area contributed by atoms with Gasteiger partial charge in [-0.15, -0.1) is 0 Å². The highest BCUT2D eigenvalue weighted by atomic mass is 32.2. The minimum absolute atomic E-state index is 0.0556. The lowest BCUT2D eigenvalue weighted by atomic mass is 9.96. The Kier molecular flexibility index (Phi) is 3.16. The standard InChI is InChI=1S/C14H22N2OS/c1-3-6-14(2)12(17)16-13(18-14)15-11-8-9-4-5-10(11)7-9/h9-11H,3-8H2,1-2H3,(H,15,16,17)/t9-,10+,11+,14?/m0/s1. The minimum Gasteiger partial charge on any atom is -0.361 e. The molecule has 0 spiro atoms. The lowest BCUT2D eigenvalue weighted by molar-refractivity contribution is -0.119. The van der Waals surface area contributed by atoms with Gasteiger partial charge in [0.05, 0.1) is 0 Å². The molecule has 2 saturated carbocycles. The van der Waals surface area contributed by atoms with E-state index >= 15 is 0 Å². The van der Waals surface area contributed by atoms with Crippen molar-refractivity contribution < 1.29 is 4.79 Å². The van der Waals surface area contributed by atoms with Crippen molar-refractivity contribution >= 4 is 22.8 Å². The molecule has 2 aliphatic carbocycles. The first-order valence-electron chi connectivity index (χ1n) is 7.19. The minimum atomic E-state index is -0.311. The molecule has 100 valence electrons. The zero-order chi connectivity index (χ0) is 12.8. The zero-order valence-electron chi connectivity index (χ0n) is 11.2. The quantitative estimate of drug-likeness (QED) is 0.854. The van der Waals surface area contributed by atoms with Crippen LogP contribution in [0.2, 0.25) is 0 Å². The van der Waals surface area contributed by atoms with Crippen LogP contribution in [0.1, 0.15) is 52.4 Å². The molecule has 2 bridgehead atoms. The number of nitrogens with one attached hydrogen (secondary N) is 1. The molecule has 0 aromatic heterocycles. The first kappa shape index (κ1) is 12.5. The monoisotopic (exact) mass is 266 g/mol. The number of hydrogen-bond acceptors (Lipinski definition) is 3. The second kappa shape index (κ2) is 4.55. The summed E-state index contributed by atoms with van der Waals surface area (Å²) in [4.78, 5) is 16.2. The summed E-state index contributed by atoms with van der Waals surface area (Å²) in [7, 11) is 0. The second-order valence-corrected chi connectivity index (χ2v) is 7.72. The fourth-order valence-electron chi connectivity index (χ4n) is 3.77. The van der Waals surface area contributed by atoms with Gasteiger partial charge in [0.1, 0.15) is 4.75 Å². The molecule has 0 saturated heterocycles. The maximum atomic E-state index is 12.0. The molecule has 0 aromatic rings. The summed E-state index contributed by atoms with van der Waals surface area (Å²) in [5.74, 6) is 1.81. The van der Waals surface area contributed by atoms with E-state index in [1.54, 1.807) is 11.8 Å². The molecule has 18 heavy (non-hydrogen) atoms. The summed E-state index contributed by atoms with van der Waals surface area (Å²) >= 11 is 1.65. The van der Waals surface area contributed by atoms with E-state index < -0.39 is 0 Å². The van der Waals surface area contributed by atoms with Gasteiger partial charge in [-0.1, -0.05) is 31.5 Å². The van der Waals surface area contributed by atoms with Crippen LogP contribution in [0.3, 0.4) is 0 Å². The predicted molar refractivity (Wildman–Crippen MR) is 75.7 cm³/mol. The Bertz CT molecular complexity index is 395. The summed E-state index contributed by atoms with van der Waals surface area (Å²) in [5.41, 5.74) is 0. The summed E-state index contributed by atoms with van der Waals surface area (Å²) in [6.07, 6.45) is 7.39. The van der Waals surface area contributed by atoms with Gasteiger partial charge in [-0.05, 0) is 44.4 Å². The van der Waals surface area contributed by atoms with Gasteiger partial charge in [-0.25, -0.2) is 0 Å². The Balaban J connectivity index is 1.62. The van der Waals surface area contributed by atoms with E-state index in [0.717, 1.165) is 29.8 Å². The van der Waals surface area contributed by atoms with E-state index in [-0.39, 0.29) is 10.7 Å². The van der Waals surface area contributed by atoms with Crippen molar-refractivity contribution in [2.75, 3.05) is 0 Å². The Morgan fingerprint density at radius 3 is 2.89 bits per heavy atom. The second-order valence-electron chi connectivity index (χ2n) is 6.23. The molecule has 3 nitrogen and oxygen atoms in total. The van der Waals surface area contributed by atoms with E-state index in [1.807, 2.05) is 6.92 Å². The third kappa shape index (κ3) is 2.09. The number of rotatable bonds is 3. The fourth-order valence-corrected chi connectivity index (χ4v) is 4.97. The largest absolute Gasteiger partial charge is 0.361 e. The van der Waals surface area contributed by atoms with Crippen molar-refractivity contribution in [2.24, 2.45) is 16.8 Å². The Hall–Kier alpha value is -0.510. The molecular weight excluding hydrogens is 244 g/mol. The van der Waals surface area contributed by atoms with Crippen LogP contribution in [0.4, 0.5) is 0 Å². The molecular formula is C14H22N2OS. The van der Waals surface area contributed by atoms with Crippen LogP contribution < -0.4 is 5.32 Å². The number of nitrogens with zero attached hydrogens (tertiary/aromatic N) is 1. The first-order chi connectivity index (χ1) is 8.60. The van der Waals surface area contributed by atoms with Gasteiger partial charge in [0.25, 0.3) is 5.91 Å². The summed E-state index contributed by atoms with van der Waals surface area (Å²) in [6.45, 7) is 4.16. The van der Waals surface area contributed by atoms with Crippen LogP contribution in [-0.4, -0.2) is 21.9 Å². The average molecular weight is 266 g/mol. The Morgan fingerprint density at radius 1 is 1.44 bits per heavy atom. The predicted octanol–water partition coefficient (Wildman–Crippen LogP) is 2.95. The smallest absolute Gasteiger partial charge is 0.264 e. The van der Waals surface area contributed by atoms with Crippen molar-refractivity contribution in [1.82, 2.24) is 5.32 Å². The van der Waals surface area contributed by atoms with Crippen LogP contribution in [0.25, 0.3) is 0 Å². The summed E-state index contributed by atoms with van der Waals surface area (Å²) in [5, 5.41) is 4.43.